The molecule has 4 nitrogen and oxygen atoms in total. The first-order valence-corrected chi connectivity index (χ1v) is 5.32. The summed E-state index contributed by atoms with van der Waals surface area (Å²) in [7, 11) is 2.77. The number of nitrogens with zero attached hydrogens (tertiary/aromatic N) is 1. The fourth-order valence-electron chi connectivity index (χ4n) is 1.61. The molecule has 1 aromatic rings. The van der Waals surface area contributed by atoms with Crippen LogP contribution < -0.4 is 0 Å². The number of hydroxylamine groups is 2. The van der Waals surface area contributed by atoms with Crippen molar-refractivity contribution in [1.82, 2.24) is 5.23 Å². The molecule has 0 aliphatic rings. The molecular formula is C13H17NO3. The van der Waals surface area contributed by atoms with Crippen molar-refractivity contribution in [2.75, 3.05) is 14.2 Å². The lowest BCUT2D eigenvalue weighted by Gasteiger charge is -2.22. The summed E-state index contributed by atoms with van der Waals surface area (Å²) in [6, 6.07) is 9.49. The molecule has 0 aliphatic heterocycles. The maximum absolute atomic E-state index is 12.1. The molecule has 0 aromatic heterocycles. The van der Waals surface area contributed by atoms with Crippen molar-refractivity contribution in [2.45, 2.75) is 12.3 Å². The molecule has 1 atom stereocenters. The molecule has 0 heterocycles. The molecule has 1 rings (SSSR count). The van der Waals surface area contributed by atoms with Crippen molar-refractivity contribution in [3.63, 3.8) is 0 Å². The second-order valence-corrected chi connectivity index (χ2v) is 3.45. The van der Waals surface area contributed by atoms with E-state index >= 15 is 0 Å². The predicted octanol–water partition coefficient (Wildman–Crippen LogP) is 2.30. The molecule has 0 bridgehead atoms. The highest BCUT2D eigenvalue weighted by molar-refractivity contribution is 5.82. The van der Waals surface area contributed by atoms with Crippen molar-refractivity contribution in [2.24, 2.45) is 0 Å². The van der Waals surface area contributed by atoms with Gasteiger partial charge in [-0.1, -0.05) is 41.6 Å². The Labute approximate surface area is 101 Å². The first kappa shape index (κ1) is 13.4. The van der Waals surface area contributed by atoms with Crippen LogP contribution >= 0.6 is 0 Å². The van der Waals surface area contributed by atoms with Gasteiger partial charge in [0.2, 0.25) is 0 Å². The number of benzene rings is 1. The Morgan fingerprint density at radius 2 is 1.94 bits per heavy atom. The highest BCUT2D eigenvalue weighted by Gasteiger charge is 2.25. The quantitative estimate of drug-likeness (QED) is 0.561. The maximum atomic E-state index is 12.1. The summed E-state index contributed by atoms with van der Waals surface area (Å²) in [6.45, 7) is 3.67. The first-order valence-electron chi connectivity index (χ1n) is 5.32. The van der Waals surface area contributed by atoms with E-state index in [2.05, 4.69) is 6.58 Å². The average molecular weight is 235 g/mol. The average Bonchev–Trinajstić information content (AvgIpc) is 2.38. The SMILES string of the molecule is C=CCC(C(=O)N(OC)OC)c1ccccc1. The third-order valence-electron chi connectivity index (χ3n) is 2.41. The summed E-state index contributed by atoms with van der Waals surface area (Å²) in [6.07, 6.45) is 2.24. The normalized spacial score (nSPS) is 11.9. The van der Waals surface area contributed by atoms with E-state index in [-0.39, 0.29) is 11.8 Å². The van der Waals surface area contributed by atoms with E-state index in [1.165, 1.54) is 14.2 Å². The largest absolute Gasteiger partial charge is 0.281 e. The van der Waals surface area contributed by atoms with Gasteiger partial charge in [0.25, 0.3) is 5.91 Å². The van der Waals surface area contributed by atoms with Crippen LogP contribution in [-0.4, -0.2) is 25.4 Å². The van der Waals surface area contributed by atoms with Crippen LogP contribution in [0.5, 0.6) is 0 Å². The number of amides is 1. The Morgan fingerprint density at radius 3 is 2.41 bits per heavy atom. The second-order valence-electron chi connectivity index (χ2n) is 3.45. The molecule has 0 N–H and O–H groups in total. The Balaban J connectivity index is 2.93. The van der Waals surface area contributed by atoms with Crippen molar-refractivity contribution < 1.29 is 14.5 Å². The van der Waals surface area contributed by atoms with Crippen molar-refractivity contribution >= 4 is 5.91 Å². The summed E-state index contributed by atoms with van der Waals surface area (Å²) in [5, 5.41) is 0.876. The van der Waals surface area contributed by atoms with E-state index in [0.29, 0.717) is 6.42 Å². The van der Waals surface area contributed by atoms with Gasteiger partial charge >= 0.3 is 0 Å². The smallest absolute Gasteiger partial charge is 0.269 e. The van der Waals surface area contributed by atoms with Gasteiger partial charge in [0, 0.05) is 0 Å². The Bertz CT molecular complexity index is 360. The van der Waals surface area contributed by atoms with Gasteiger partial charge in [0.05, 0.1) is 20.1 Å². The Kier molecular flexibility index (Phi) is 5.39. The van der Waals surface area contributed by atoms with Crippen LogP contribution in [0.2, 0.25) is 0 Å². The van der Waals surface area contributed by atoms with Gasteiger partial charge in [0.15, 0.2) is 0 Å². The molecule has 1 amide bonds. The van der Waals surface area contributed by atoms with Gasteiger partial charge in [0.1, 0.15) is 0 Å². The van der Waals surface area contributed by atoms with Crippen molar-refractivity contribution in [3.05, 3.63) is 48.6 Å². The van der Waals surface area contributed by atoms with Gasteiger partial charge in [-0.05, 0) is 12.0 Å². The standard InChI is InChI=1S/C13H17NO3/c1-4-8-12(11-9-6-5-7-10-11)13(15)14(16-2)17-3/h4-7,9-10,12H,1,8H2,2-3H3. The number of allylic oxidation sites excluding steroid dienone is 1. The topological polar surface area (TPSA) is 38.8 Å². The third kappa shape index (κ3) is 3.41. The van der Waals surface area contributed by atoms with E-state index in [1.54, 1.807) is 6.08 Å². The monoisotopic (exact) mass is 235 g/mol. The highest BCUT2D eigenvalue weighted by Crippen LogP contribution is 2.22. The van der Waals surface area contributed by atoms with E-state index in [1.807, 2.05) is 30.3 Å². The minimum atomic E-state index is -0.339. The van der Waals surface area contributed by atoms with Crippen LogP contribution in [-0.2, 0) is 14.5 Å². The zero-order valence-electron chi connectivity index (χ0n) is 10.1. The van der Waals surface area contributed by atoms with Gasteiger partial charge in [-0.3, -0.25) is 4.79 Å². The lowest BCUT2D eigenvalue weighted by molar-refractivity contribution is -0.318. The van der Waals surface area contributed by atoms with E-state index in [9.17, 15) is 4.79 Å². The molecule has 1 aromatic carbocycles. The van der Waals surface area contributed by atoms with E-state index in [4.69, 9.17) is 9.68 Å². The molecule has 0 radical (unpaired) electrons. The summed E-state index contributed by atoms with van der Waals surface area (Å²) in [5.74, 6) is -0.588. The van der Waals surface area contributed by atoms with Crippen LogP contribution in [0.3, 0.4) is 0 Å². The van der Waals surface area contributed by atoms with Crippen molar-refractivity contribution in [1.29, 1.82) is 0 Å². The fourth-order valence-corrected chi connectivity index (χ4v) is 1.61. The maximum Gasteiger partial charge on any atom is 0.281 e. The number of hydrogen-bond donors (Lipinski definition) is 0. The van der Waals surface area contributed by atoms with Crippen LogP contribution in [0.15, 0.2) is 43.0 Å². The fraction of sp³-hybridized carbons (Fsp3) is 0.308. The second kappa shape index (κ2) is 6.83. The summed E-state index contributed by atoms with van der Waals surface area (Å²) < 4.78 is 0. The van der Waals surface area contributed by atoms with E-state index in [0.717, 1.165) is 10.8 Å². The molecule has 0 saturated heterocycles. The predicted molar refractivity (Wildman–Crippen MR) is 64.9 cm³/mol. The Morgan fingerprint density at radius 1 is 1.35 bits per heavy atom. The van der Waals surface area contributed by atoms with Gasteiger partial charge in [-0.2, -0.15) is 0 Å². The van der Waals surface area contributed by atoms with Crippen molar-refractivity contribution in [3.8, 4) is 0 Å². The first-order chi connectivity index (χ1) is 8.24. The Hall–Kier alpha value is -1.65. The zero-order valence-corrected chi connectivity index (χ0v) is 10.1. The van der Waals surface area contributed by atoms with Gasteiger partial charge in [-0.15, -0.1) is 6.58 Å². The minimum absolute atomic E-state index is 0.249. The molecule has 1 unspecified atom stereocenters. The summed E-state index contributed by atoms with van der Waals surface area (Å²) in [5.41, 5.74) is 0.913. The molecule has 0 spiro atoms. The lowest BCUT2D eigenvalue weighted by atomic mass is 9.95. The molecule has 0 aliphatic carbocycles. The number of carbonyl (C=O) groups excluding carboxylic acids is 1. The number of hydrogen-bond acceptors (Lipinski definition) is 3. The molecule has 17 heavy (non-hydrogen) atoms. The third-order valence-corrected chi connectivity index (χ3v) is 2.41. The lowest BCUT2D eigenvalue weighted by Crippen LogP contribution is -2.33. The summed E-state index contributed by atoms with van der Waals surface area (Å²) in [4.78, 5) is 21.8. The van der Waals surface area contributed by atoms with Crippen LogP contribution in [0.4, 0.5) is 0 Å². The molecule has 92 valence electrons. The molecule has 4 heteroatoms. The number of rotatable bonds is 6. The molecule has 0 fully saturated rings. The van der Waals surface area contributed by atoms with Crippen LogP contribution in [0, 0.1) is 0 Å². The molecule has 0 saturated carbocycles. The van der Waals surface area contributed by atoms with Crippen LogP contribution in [0.25, 0.3) is 0 Å². The van der Waals surface area contributed by atoms with E-state index < -0.39 is 0 Å². The zero-order chi connectivity index (χ0) is 12.7. The summed E-state index contributed by atoms with van der Waals surface area (Å²) >= 11 is 0. The minimum Gasteiger partial charge on any atom is -0.269 e. The van der Waals surface area contributed by atoms with Gasteiger partial charge in [-0.25, -0.2) is 9.68 Å². The number of carbonyl (C=O) groups is 1. The molecular weight excluding hydrogens is 218 g/mol. The van der Waals surface area contributed by atoms with Gasteiger partial charge < -0.3 is 0 Å². The highest BCUT2D eigenvalue weighted by atomic mass is 16.9. The van der Waals surface area contributed by atoms with Crippen LogP contribution in [0.1, 0.15) is 17.9 Å².